The van der Waals surface area contributed by atoms with E-state index in [2.05, 4.69) is 0 Å². The highest BCUT2D eigenvalue weighted by Gasteiger charge is 2.47. The molecule has 0 heterocycles. The Morgan fingerprint density at radius 1 is 1.28 bits per heavy atom. The Kier molecular flexibility index (Phi) is 5.17. The first kappa shape index (κ1) is 15.0. The first-order chi connectivity index (χ1) is 8.44. The van der Waals surface area contributed by atoms with E-state index in [1.54, 1.807) is 11.8 Å². The number of nitrogens with zero attached hydrogens (tertiary/aromatic N) is 1. The van der Waals surface area contributed by atoms with E-state index >= 15 is 0 Å². The van der Waals surface area contributed by atoms with Gasteiger partial charge in [-0.25, -0.2) is 4.79 Å². The van der Waals surface area contributed by atoms with Gasteiger partial charge in [0, 0.05) is 13.5 Å². The van der Waals surface area contributed by atoms with Crippen LogP contribution in [0.3, 0.4) is 0 Å². The number of amides is 1. The lowest BCUT2D eigenvalue weighted by atomic mass is 9.74. The molecule has 0 aromatic rings. The van der Waals surface area contributed by atoms with E-state index in [1.807, 2.05) is 6.92 Å². The summed E-state index contributed by atoms with van der Waals surface area (Å²) >= 11 is 0. The summed E-state index contributed by atoms with van der Waals surface area (Å²) in [4.78, 5) is 25.1. The van der Waals surface area contributed by atoms with Crippen molar-refractivity contribution in [1.29, 1.82) is 0 Å². The largest absolute Gasteiger partial charge is 0.479 e. The molecule has 0 radical (unpaired) electrons. The van der Waals surface area contributed by atoms with Gasteiger partial charge in [0.25, 0.3) is 0 Å². The molecule has 1 fully saturated rings. The fraction of sp³-hybridized carbons (Fsp3) is 0.857. The highest BCUT2D eigenvalue weighted by molar-refractivity contribution is 5.86. The van der Waals surface area contributed by atoms with E-state index in [-0.39, 0.29) is 11.8 Å². The number of aliphatic carboxylic acids is 1. The van der Waals surface area contributed by atoms with Crippen LogP contribution in [0.15, 0.2) is 0 Å². The third-order valence-corrected chi connectivity index (χ3v) is 4.22. The van der Waals surface area contributed by atoms with E-state index in [0.717, 1.165) is 32.1 Å². The quantitative estimate of drug-likeness (QED) is 0.821. The van der Waals surface area contributed by atoms with Crippen LogP contribution in [0, 0.1) is 5.92 Å². The van der Waals surface area contributed by atoms with Gasteiger partial charge in [0.05, 0.1) is 0 Å². The molecule has 1 unspecified atom stereocenters. The number of carbonyl (C=O) groups is 2. The summed E-state index contributed by atoms with van der Waals surface area (Å²) in [5, 5.41) is 9.64. The molecular formula is C14H25NO3. The van der Waals surface area contributed by atoms with Gasteiger partial charge < -0.3 is 10.0 Å². The average Bonchev–Trinajstić information content (AvgIpc) is 2.35. The summed E-state index contributed by atoms with van der Waals surface area (Å²) < 4.78 is 0. The van der Waals surface area contributed by atoms with Gasteiger partial charge in [0.15, 0.2) is 0 Å². The van der Waals surface area contributed by atoms with Crippen LogP contribution >= 0.6 is 0 Å². The van der Waals surface area contributed by atoms with Gasteiger partial charge in [-0.15, -0.1) is 0 Å². The molecule has 0 saturated heterocycles. The molecule has 1 aliphatic rings. The lowest BCUT2D eigenvalue weighted by molar-refractivity contribution is -0.162. The van der Waals surface area contributed by atoms with Gasteiger partial charge in [-0.1, -0.05) is 26.2 Å². The smallest absolute Gasteiger partial charge is 0.329 e. The highest BCUT2D eigenvalue weighted by Crippen LogP contribution is 2.37. The Hall–Kier alpha value is -1.06. The molecule has 0 spiro atoms. The van der Waals surface area contributed by atoms with Gasteiger partial charge in [0.2, 0.25) is 5.91 Å². The number of rotatable bonds is 5. The molecule has 0 bridgehead atoms. The van der Waals surface area contributed by atoms with Crippen molar-refractivity contribution in [1.82, 2.24) is 4.90 Å². The van der Waals surface area contributed by atoms with Crippen LogP contribution in [0.5, 0.6) is 0 Å². The average molecular weight is 255 g/mol. The van der Waals surface area contributed by atoms with Crippen molar-refractivity contribution >= 4 is 11.9 Å². The van der Waals surface area contributed by atoms with Gasteiger partial charge in [-0.05, 0) is 32.1 Å². The molecule has 1 aliphatic carbocycles. The van der Waals surface area contributed by atoms with Crippen LogP contribution in [-0.2, 0) is 9.59 Å². The summed E-state index contributed by atoms with van der Waals surface area (Å²) in [6, 6.07) is 0. The van der Waals surface area contributed by atoms with E-state index in [4.69, 9.17) is 0 Å². The molecule has 1 amide bonds. The van der Waals surface area contributed by atoms with Crippen molar-refractivity contribution in [2.24, 2.45) is 5.92 Å². The second-order valence-corrected chi connectivity index (χ2v) is 5.46. The molecule has 4 nitrogen and oxygen atoms in total. The first-order valence-corrected chi connectivity index (χ1v) is 6.96. The Morgan fingerprint density at radius 3 is 2.22 bits per heavy atom. The Balaban J connectivity index is 3.02. The van der Waals surface area contributed by atoms with Crippen LogP contribution < -0.4 is 0 Å². The molecule has 0 aromatic carbocycles. The van der Waals surface area contributed by atoms with Crippen LogP contribution in [0.1, 0.15) is 59.3 Å². The maximum absolute atomic E-state index is 11.8. The third kappa shape index (κ3) is 2.85. The van der Waals surface area contributed by atoms with Gasteiger partial charge in [-0.3, -0.25) is 4.79 Å². The summed E-state index contributed by atoms with van der Waals surface area (Å²) in [7, 11) is 0. The van der Waals surface area contributed by atoms with E-state index in [9.17, 15) is 14.7 Å². The first-order valence-electron chi connectivity index (χ1n) is 6.96. The standard InChI is InChI=1S/C14H25NO3/c1-4-10-15(11(2)16)14(3,13(17)18)12-8-6-5-7-9-12/h12H,4-10H2,1-3H3,(H,17,18). The van der Waals surface area contributed by atoms with Crippen molar-refractivity contribution in [3.8, 4) is 0 Å². The number of hydrogen-bond donors (Lipinski definition) is 1. The van der Waals surface area contributed by atoms with Crippen molar-refractivity contribution in [3.63, 3.8) is 0 Å². The predicted octanol–water partition coefficient (Wildman–Crippen LogP) is 2.67. The van der Waals surface area contributed by atoms with E-state index in [0.29, 0.717) is 6.54 Å². The molecule has 1 saturated carbocycles. The summed E-state index contributed by atoms with van der Waals surface area (Å²) in [5.74, 6) is -0.912. The van der Waals surface area contributed by atoms with Crippen LogP contribution in [-0.4, -0.2) is 34.0 Å². The monoisotopic (exact) mass is 255 g/mol. The lowest BCUT2D eigenvalue weighted by Crippen LogP contribution is -2.59. The zero-order chi connectivity index (χ0) is 13.8. The summed E-state index contributed by atoms with van der Waals surface area (Å²) in [6.07, 6.45) is 5.94. The van der Waals surface area contributed by atoms with Crippen molar-refractivity contribution in [2.75, 3.05) is 6.54 Å². The number of carboxylic acid groups (broad SMARTS) is 1. The molecule has 1 atom stereocenters. The maximum atomic E-state index is 11.8. The Morgan fingerprint density at radius 2 is 1.83 bits per heavy atom. The summed E-state index contributed by atoms with van der Waals surface area (Å²) in [5.41, 5.74) is -1.04. The number of carbonyl (C=O) groups excluding carboxylic acids is 1. The molecule has 0 aromatic heterocycles. The normalized spacial score (nSPS) is 20.2. The third-order valence-electron chi connectivity index (χ3n) is 4.22. The zero-order valence-electron chi connectivity index (χ0n) is 11.7. The van der Waals surface area contributed by atoms with E-state index < -0.39 is 11.5 Å². The van der Waals surface area contributed by atoms with E-state index in [1.165, 1.54) is 13.3 Å². The molecule has 18 heavy (non-hydrogen) atoms. The molecular weight excluding hydrogens is 230 g/mol. The number of carboxylic acids is 1. The van der Waals surface area contributed by atoms with Crippen molar-refractivity contribution < 1.29 is 14.7 Å². The maximum Gasteiger partial charge on any atom is 0.329 e. The molecule has 104 valence electrons. The Bertz CT molecular complexity index is 310. The minimum Gasteiger partial charge on any atom is -0.479 e. The topological polar surface area (TPSA) is 57.6 Å². The summed E-state index contributed by atoms with van der Waals surface area (Å²) in [6.45, 7) is 5.69. The van der Waals surface area contributed by atoms with Crippen LogP contribution in [0.2, 0.25) is 0 Å². The van der Waals surface area contributed by atoms with Crippen LogP contribution in [0.25, 0.3) is 0 Å². The fourth-order valence-corrected chi connectivity index (χ4v) is 3.12. The minimum absolute atomic E-state index is 0.0826. The minimum atomic E-state index is -1.04. The molecule has 0 aliphatic heterocycles. The van der Waals surface area contributed by atoms with Gasteiger partial charge >= 0.3 is 5.97 Å². The SMILES string of the molecule is CCCN(C(C)=O)C(C)(C(=O)O)C1CCCCC1. The van der Waals surface area contributed by atoms with Crippen molar-refractivity contribution in [2.45, 2.75) is 64.8 Å². The second-order valence-electron chi connectivity index (χ2n) is 5.46. The van der Waals surface area contributed by atoms with Gasteiger partial charge in [-0.2, -0.15) is 0 Å². The number of hydrogen-bond acceptors (Lipinski definition) is 2. The Labute approximate surface area is 109 Å². The van der Waals surface area contributed by atoms with Crippen LogP contribution in [0.4, 0.5) is 0 Å². The van der Waals surface area contributed by atoms with Crippen molar-refractivity contribution in [3.05, 3.63) is 0 Å². The molecule has 1 rings (SSSR count). The fourth-order valence-electron chi connectivity index (χ4n) is 3.12. The second kappa shape index (κ2) is 6.21. The van der Waals surface area contributed by atoms with Gasteiger partial charge in [0.1, 0.15) is 5.54 Å². The lowest BCUT2D eigenvalue weighted by Gasteiger charge is -2.44. The molecule has 4 heteroatoms. The highest BCUT2D eigenvalue weighted by atomic mass is 16.4. The predicted molar refractivity (Wildman–Crippen MR) is 70.3 cm³/mol. The molecule has 1 N–H and O–H groups in total. The zero-order valence-corrected chi connectivity index (χ0v) is 11.7.